The minimum absolute atomic E-state index is 0.224. The van der Waals surface area contributed by atoms with E-state index in [2.05, 4.69) is 11.4 Å². The molecule has 0 aliphatic heterocycles. The Hall–Kier alpha value is -1.04. The summed E-state index contributed by atoms with van der Waals surface area (Å²) in [4.78, 5) is 11.7. The third kappa shape index (κ3) is 2.50. The molecule has 0 spiro atoms. The van der Waals surface area contributed by atoms with E-state index in [-0.39, 0.29) is 11.8 Å². The molecule has 0 saturated heterocycles. The van der Waals surface area contributed by atoms with Crippen LogP contribution in [0, 0.1) is 23.2 Å². The second-order valence-corrected chi connectivity index (χ2v) is 4.81. The molecule has 1 amide bonds. The molecule has 0 heterocycles. The molecular weight excluding hydrogens is 188 g/mol. The average Bonchev–Trinajstić information content (AvgIpc) is 2.16. The lowest BCUT2D eigenvalue weighted by molar-refractivity contribution is -0.128. The van der Waals surface area contributed by atoms with Gasteiger partial charge in [0, 0.05) is 17.9 Å². The highest BCUT2D eigenvalue weighted by Crippen LogP contribution is 2.28. The number of carbonyl (C=O) groups excluding carboxylic acids is 1. The predicted molar refractivity (Wildman–Crippen MR) is 56.8 cm³/mol. The van der Waals surface area contributed by atoms with Gasteiger partial charge in [0.25, 0.3) is 0 Å². The number of nitrogens with one attached hydrogen (secondary N) is 1. The molecule has 2 rings (SSSR count). The third-order valence-corrected chi connectivity index (χ3v) is 3.73. The van der Waals surface area contributed by atoms with E-state index in [1.165, 1.54) is 6.42 Å². The Bertz CT molecular complexity index is 270. The van der Waals surface area contributed by atoms with E-state index in [1.54, 1.807) is 0 Å². The van der Waals surface area contributed by atoms with Gasteiger partial charge in [0.1, 0.15) is 0 Å². The molecule has 2 aliphatic carbocycles. The van der Waals surface area contributed by atoms with E-state index < -0.39 is 0 Å². The SMILES string of the molecule is N#CC1CCC(NC(=O)C2CCC2)CC1. The number of rotatable bonds is 2. The molecule has 15 heavy (non-hydrogen) atoms. The van der Waals surface area contributed by atoms with E-state index >= 15 is 0 Å². The Labute approximate surface area is 90.8 Å². The van der Waals surface area contributed by atoms with Gasteiger partial charge in [-0.1, -0.05) is 6.42 Å². The first-order chi connectivity index (χ1) is 7.29. The number of nitriles is 1. The van der Waals surface area contributed by atoms with Crippen molar-refractivity contribution < 1.29 is 4.79 Å². The lowest BCUT2D eigenvalue weighted by Crippen LogP contribution is -2.42. The van der Waals surface area contributed by atoms with Crippen LogP contribution < -0.4 is 5.32 Å². The van der Waals surface area contributed by atoms with Crippen molar-refractivity contribution in [3.63, 3.8) is 0 Å². The first-order valence-corrected chi connectivity index (χ1v) is 5.99. The average molecular weight is 206 g/mol. The number of hydrogen-bond acceptors (Lipinski definition) is 2. The van der Waals surface area contributed by atoms with E-state index in [4.69, 9.17) is 5.26 Å². The molecule has 3 nitrogen and oxygen atoms in total. The van der Waals surface area contributed by atoms with Crippen LogP contribution in [0.1, 0.15) is 44.9 Å². The molecule has 0 unspecified atom stereocenters. The largest absolute Gasteiger partial charge is 0.353 e. The molecule has 2 fully saturated rings. The van der Waals surface area contributed by atoms with Crippen LogP contribution >= 0.6 is 0 Å². The van der Waals surface area contributed by atoms with E-state index in [1.807, 2.05) is 0 Å². The molecule has 0 aromatic rings. The van der Waals surface area contributed by atoms with Crippen molar-refractivity contribution in [3.8, 4) is 6.07 Å². The fraction of sp³-hybridized carbons (Fsp3) is 0.833. The predicted octanol–water partition coefficient (Wildman–Crippen LogP) is 1.99. The van der Waals surface area contributed by atoms with Crippen LogP contribution in [0.3, 0.4) is 0 Å². The summed E-state index contributed by atoms with van der Waals surface area (Å²) in [6, 6.07) is 2.65. The molecular formula is C12H18N2O. The van der Waals surface area contributed by atoms with Crippen molar-refractivity contribution in [1.82, 2.24) is 5.32 Å². The van der Waals surface area contributed by atoms with Crippen LogP contribution in [0.2, 0.25) is 0 Å². The lowest BCUT2D eigenvalue weighted by atomic mass is 9.83. The van der Waals surface area contributed by atoms with Gasteiger partial charge in [-0.05, 0) is 38.5 Å². The molecule has 2 aliphatic rings. The van der Waals surface area contributed by atoms with Crippen LogP contribution in [-0.2, 0) is 4.79 Å². The summed E-state index contributed by atoms with van der Waals surface area (Å²) in [6.45, 7) is 0. The van der Waals surface area contributed by atoms with Crippen LogP contribution in [0.15, 0.2) is 0 Å². The molecule has 0 bridgehead atoms. The second kappa shape index (κ2) is 4.65. The molecule has 3 heteroatoms. The van der Waals surface area contributed by atoms with Crippen molar-refractivity contribution in [2.45, 2.75) is 51.0 Å². The number of hydrogen-bond donors (Lipinski definition) is 1. The summed E-state index contributed by atoms with van der Waals surface area (Å²) in [7, 11) is 0. The maximum absolute atomic E-state index is 11.7. The summed E-state index contributed by atoms with van der Waals surface area (Å²) in [6.07, 6.45) is 7.21. The zero-order valence-corrected chi connectivity index (χ0v) is 9.04. The zero-order valence-electron chi connectivity index (χ0n) is 9.04. The van der Waals surface area contributed by atoms with Crippen LogP contribution in [0.5, 0.6) is 0 Å². The summed E-state index contributed by atoms with van der Waals surface area (Å²) in [5, 5.41) is 11.9. The molecule has 0 aromatic heterocycles. The Morgan fingerprint density at radius 1 is 1.13 bits per heavy atom. The molecule has 0 radical (unpaired) electrons. The number of nitrogens with zero attached hydrogens (tertiary/aromatic N) is 1. The third-order valence-electron chi connectivity index (χ3n) is 3.73. The van der Waals surface area contributed by atoms with E-state index in [9.17, 15) is 4.79 Å². The van der Waals surface area contributed by atoms with Crippen LogP contribution in [0.25, 0.3) is 0 Å². The second-order valence-electron chi connectivity index (χ2n) is 4.81. The molecule has 0 atom stereocenters. The van der Waals surface area contributed by atoms with Crippen LogP contribution in [-0.4, -0.2) is 11.9 Å². The first kappa shape index (κ1) is 10.5. The minimum Gasteiger partial charge on any atom is -0.353 e. The Balaban J connectivity index is 1.72. The lowest BCUT2D eigenvalue weighted by Gasteiger charge is -2.30. The van der Waals surface area contributed by atoms with Gasteiger partial charge in [-0.3, -0.25) is 4.79 Å². The topological polar surface area (TPSA) is 52.9 Å². The van der Waals surface area contributed by atoms with Gasteiger partial charge in [0.15, 0.2) is 0 Å². The van der Waals surface area contributed by atoms with Gasteiger partial charge in [-0.15, -0.1) is 0 Å². The normalized spacial score (nSPS) is 31.4. The maximum atomic E-state index is 11.7. The Morgan fingerprint density at radius 2 is 1.80 bits per heavy atom. The highest BCUT2D eigenvalue weighted by Gasteiger charge is 2.28. The van der Waals surface area contributed by atoms with E-state index in [0.717, 1.165) is 38.5 Å². The fourth-order valence-corrected chi connectivity index (χ4v) is 2.36. The standard InChI is InChI=1S/C12H18N2O/c13-8-9-4-6-11(7-5-9)14-12(15)10-2-1-3-10/h9-11H,1-7H2,(H,14,15). The van der Waals surface area contributed by atoms with Gasteiger partial charge >= 0.3 is 0 Å². The molecule has 2 saturated carbocycles. The number of carbonyl (C=O) groups is 1. The van der Waals surface area contributed by atoms with Crippen molar-refractivity contribution in [1.29, 1.82) is 5.26 Å². The number of amides is 1. The Morgan fingerprint density at radius 3 is 2.27 bits per heavy atom. The van der Waals surface area contributed by atoms with Crippen molar-refractivity contribution in [3.05, 3.63) is 0 Å². The quantitative estimate of drug-likeness (QED) is 0.751. The van der Waals surface area contributed by atoms with Gasteiger partial charge < -0.3 is 5.32 Å². The summed E-state index contributed by atoms with van der Waals surface area (Å²) in [5.74, 6) is 0.766. The summed E-state index contributed by atoms with van der Waals surface area (Å²) < 4.78 is 0. The van der Waals surface area contributed by atoms with Gasteiger partial charge in [0.05, 0.1) is 6.07 Å². The summed E-state index contributed by atoms with van der Waals surface area (Å²) in [5.41, 5.74) is 0. The molecule has 1 N–H and O–H groups in total. The minimum atomic E-state index is 0.224. The Kier molecular flexibility index (Phi) is 3.25. The van der Waals surface area contributed by atoms with Crippen molar-refractivity contribution >= 4 is 5.91 Å². The summed E-state index contributed by atoms with van der Waals surface area (Å²) >= 11 is 0. The fourth-order valence-electron chi connectivity index (χ4n) is 2.36. The molecule has 0 aromatic carbocycles. The van der Waals surface area contributed by atoms with Gasteiger partial charge in [-0.2, -0.15) is 5.26 Å². The van der Waals surface area contributed by atoms with Gasteiger partial charge in [-0.25, -0.2) is 0 Å². The maximum Gasteiger partial charge on any atom is 0.223 e. The first-order valence-electron chi connectivity index (χ1n) is 5.99. The van der Waals surface area contributed by atoms with Crippen molar-refractivity contribution in [2.75, 3.05) is 0 Å². The van der Waals surface area contributed by atoms with Gasteiger partial charge in [0.2, 0.25) is 5.91 Å². The van der Waals surface area contributed by atoms with E-state index in [0.29, 0.717) is 12.0 Å². The van der Waals surface area contributed by atoms with Crippen molar-refractivity contribution in [2.24, 2.45) is 11.8 Å². The smallest absolute Gasteiger partial charge is 0.223 e. The zero-order chi connectivity index (χ0) is 10.7. The molecule has 82 valence electrons. The highest BCUT2D eigenvalue weighted by molar-refractivity contribution is 5.79. The monoisotopic (exact) mass is 206 g/mol. The van der Waals surface area contributed by atoms with Crippen LogP contribution in [0.4, 0.5) is 0 Å². The highest BCUT2D eigenvalue weighted by atomic mass is 16.2.